The van der Waals surface area contributed by atoms with Gasteiger partial charge in [-0.05, 0) is 30.5 Å². The zero-order chi connectivity index (χ0) is 22.3. The average molecular weight is 468 g/mol. The molecule has 2 atom stereocenters. The molecule has 1 aliphatic heterocycles. The summed E-state index contributed by atoms with van der Waals surface area (Å²) >= 11 is 5.55. The first kappa shape index (κ1) is 22.8. The average Bonchev–Trinajstić information content (AvgIpc) is 3.42. The Hall–Kier alpha value is -1.85. The largest absolute Gasteiger partial charge is 0.417 e. The minimum Gasteiger partial charge on any atom is -0.347 e. The van der Waals surface area contributed by atoms with E-state index in [4.69, 9.17) is 11.6 Å². The predicted octanol–water partition coefficient (Wildman–Crippen LogP) is 1.96. The summed E-state index contributed by atoms with van der Waals surface area (Å²) in [6.45, 7) is 1.81. The van der Waals surface area contributed by atoms with Crippen molar-refractivity contribution in [1.82, 2.24) is 14.5 Å². The van der Waals surface area contributed by atoms with Crippen LogP contribution in [0.3, 0.4) is 0 Å². The molecule has 1 aromatic carbocycles. The number of hydrogen-bond acceptors (Lipinski definition) is 4. The molecule has 1 saturated carbocycles. The van der Waals surface area contributed by atoms with Gasteiger partial charge in [-0.1, -0.05) is 18.5 Å². The number of halogens is 4. The molecule has 1 N–H and O–H groups in total. The van der Waals surface area contributed by atoms with Crippen molar-refractivity contribution in [2.75, 3.05) is 32.7 Å². The highest BCUT2D eigenvalue weighted by atomic mass is 35.5. The molecule has 2 aliphatic rings. The van der Waals surface area contributed by atoms with E-state index in [-0.39, 0.29) is 50.5 Å². The Labute approximate surface area is 177 Å². The van der Waals surface area contributed by atoms with Gasteiger partial charge in [0.1, 0.15) is 0 Å². The molecule has 0 spiro atoms. The summed E-state index contributed by atoms with van der Waals surface area (Å²) in [4.78, 5) is 25.0. The van der Waals surface area contributed by atoms with E-state index in [2.05, 4.69) is 5.32 Å². The highest BCUT2D eigenvalue weighted by Gasteiger charge is 2.39. The third kappa shape index (κ3) is 4.89. The van der Waals surface area contributed by atoms with Gasteiger partial charge in [-0.2, -0.15) is 17.5 Å². The van der Waals surface area contributed by atoms with Crippen molar-refractivity contribution >= 4 is 33.4 Å². The van der Waals surface area contributed by atoms with Gasteiger partial charge in [0.2, 0.25) is 21.8 Å². The second-order valence-electron chi connectivity index (χ2n) is 7.46. The molecule has 0 radical (unpaired) electrons. The van der Waals surface area contributed by atoms with E-state index in [0.717, 1.165) is 22.9 Å². The number of alkyl halides is 3. The normalized spacial score (nSPS) is 22.6. The van der Waals surface area contributed by atoms with Gasteiger partial charge in [-0.3, -0.25) is 9.59 Å². The number of nitrogens with zero attached hydrogens (tertiary/aromatic N) is 2. The molecule has 2 unspecified atom stereocenters. The van der Waals surface area contributed by atoms with Crippen molar-refractivity contribution in [2.24, 2.45) is 11.8 Å². The highest BCUT2D eigenvalue weighted by molar-refractivity contribution is 7.89. The molecule has 12 heteroatoms. The zero-order valence-electron chi connectivity index (χ0n) is 16.1. The van der Waals surface area contributed by atoms with Gasteiger partial charge < -0.3 is 10.2 Å². The molecule has 3 rings (SSSR count). The first-order chi connectivity index (χ1) is 13.9. The molecule has 0 aromatic heterocycles. The number of carbonyl (C=O) groups is 2. The molecule has 2 fully saturated rings. The lowest BCUT2D eigenvalue weighted by Gasteiger charge is -2.34. The van der Waals surface area contributed by atoms with Crippen molar-refractivity contribution in [3.8, 4) is 0 Å². The molecule has 1 saturated heterocycles. The number of nitrogens with one attached hydrogen (secondary N) is 1. The van der Waals surface area contributed by atoms with Crippen molar-refractivity contribution in [2.45, 2.75) is 24.4 Å². The summed E-state index contributed by atoms with van der Waals surface area (Å²) in [5.41, 5.74) is -1.22. The molecule has 1 heterocycles. The Morgan fingerprint density at radius 2 is 1.80 bits per heavy atom. The minimum atomic E-state index is -4.78. The zero-order valence-corrected chi connectivity index (χ0v) is 17.6. The first-order valence-electron chi connectivity index (χ1n) is 9.33. The van der Waals surface area contributed by atoms with Crippen LogP contribution in [0.2, 0.25) is 5.02 Å². The van der Waals surface area contributed by atoms with E-state index < -0.39 is 31.7 Å². The maximum absolute atomic E-state index is 13.0. The molecule has 166 valence electrons. The number of hydrogen-bond donors (Lipinski definition) is 1. The van der Waals surface area contributed by atoms with Crippen LogP contribution < -0.4 is 5.32 Å². The third-order valence-corrected chi connectivity index (χ3v) is 7.56. The Bertz CT molecular complexity index is 946. The van der Waals surface area contributed by atoms with Gasteiger partial charge in [0.15, 0.2) is 0 Å². The summed E-state index contributed by atoms with van der Waals surface area (Å²) in [6, 6.07) is 2.45. The lowest BCUT2D eigenvalue weighted by Crippen LogP contribution is -2.52. The molecule has 30 heavy (non-hydrogen) atoms. The van der Waals surface area contributed by atoms with Gasteiger partial charge in [-0.25, -0.2) is 8.42 Å². The number of amides is 2. The van der Waals surface area contributed by atoms with Crippen LogP contribution in [0.1, 0.15) is 18.9 Å². The summed E-state index contributed by atoms with van der Waals surface area (Å²) in [7, 11) is -4.18. The van der Waals surface area contributed by atoms with Crippen molar-refractivity contribution < 1.29 is 31.2 Å². The van der Waals surface area contributed by atoms with Crippen LogP contribution in [-0.4, -0.2) is 62.2 Å². The molecule has 1 aliphatic carbocycles. The molecule has 1 aromatic rings. The lowest BCUT2D eigenvalue weighted by molar-refractivity contribution is -0.137. The molecular formula is C18H21ClF3N3O4S. The SMILES string of the molecule is CC1CC1C(=O)NCC(=O)N1CCN(S(=O)(=O)c2ccc(Cl)c(C(F)(F)F)c2)CC1. The Morgan fingerprint density at radius 3 is 2.33 bits per heavy atom. The van der Waals surface area contributed by atoms with E-state index >= 15 is 0 Å². The standard InChI is InChI=1S/C18H21ClF3N3O4S/c1-11-8-13(11)17(27)23-10-16(26)24-4-6-25(7-5-24)30(28,29)12-2-3-15(19)14(9-12)18(20,21)22/h2-3,9,11,13H,4-8,10H2,1H3,(H,23,27). The Morgan fingerprint density at radius 1 is 1.20 bits per heavy atom. The van der Waals surface area contributed by atoms with Crippen LogP contribution in [-0.2, 0) is 25.8 Å². The van der Waals surface area contributed by atoms with E-state index in [1.807, 2.05) is 6.92 Å². The first-order valence-corrected chi connectivity index (χ1v) is 11.2. The van der Waals surface area contributed by atoms with Crippen molar-refractivity contribution in [1.29, 1.82) is 0 Å². The lowest BCUT2D eigenvalue weighted by atomic mass is 10.2. The molecule has 0 bridgehead atoms. The van der Waals surface area contributed by atoms with E-state index in [9.17, 15) is 31.2 Å². The van der Waals surface area contributed by atoms with E-state index in [1.165, 1.54) is 4.90 Å². The third-order valence-electron chi connectivity index (χ3n) is 5.33. The summed E-state index contributed by atoms with van der Waals surface area (Å²) in [5, 5.41) is 2.00. The smallest absolute Gasteiger partial charge is 0.347 e. The highest BCUT2D eigenvalue weighted by Crippen LogP contribution is 2.38. The van der Waals surface area contributed by atoms with Gasteiger partial charge in [0, 0.05) is 32.1 Å². The summed E-state index contributed by atoms with van der Waals surface area (Å²) < 4.78 is 65.6. The number of carbonyl (C=O) groups excluding carboxylic acids is 2. The number of piperazine rings is 1. The fraction of sp³-hybridized carbons (Fsp3) is 0.556. The number of benzene rings is 1. The summed E-state index contributed by atoms with van der Waals surface area (Å²) in [6.07, 6.45) is -3.98. The number of sulfonamides is 1. The topological polar surface area (TPSA) is 86.8 Å². The van der Waals surface area contributed by atoms with Gasteiger partial charge in [0.25, 0.3) is 0 Å². The Balaban J connectivity index is 1.60. The fourth-order valence-electron chi connectivity index (χ4n) is 3.30. The Kier molecular flexibility index (Phi) is 6.35. The van der Waals surface area contributed by atoms with Crippen molar-refractivity contribution in [3.05, 3.63) is 28.8 Å². The maximum Gasteiger partial charge on any atom is 0.417 e. The van der Waals surface area contributed by atoms with E-state index in [1.54, 1.807) is 0 Å². The van der Waals surface area contributed by atoms with Crippen LogP contribution in [0.5, 0.6) is 0 Å². The van der Waals surface area contributed by atoms with Crippen LogP contribution in [0.15, 0.2) is 23.1 Å². The second-order valence-corrected chi connectivity index (χ2v) is 9.81. The summed E-state index contributed by atoms with van der Waals surface area (Å²) in [5.74, 6) is -0.236. The van der Waals surface area contributed by atoms with E-state index in [0.29, 0.717) is 12.0 Å². The van der Waals surface area contributed by atoms with Crippen LogP contribution in [0.25, 0.3) is 0 Å². The van der Waals surface area contributed by atoms with Gasteiger partial charge >= 0.3 is 6.18 Å². The fourth-order valence-corrected chi connectivity index (χ4v) is 4.98. The van der Waals surface area contributed by atoms with Gasteiger partial charge in [-0.15, -0.1) is 0 Å². The second kappa shape index (κ2) is 8.35. The molecular weight excluding hydrogens is 447 g/mol. The van der Waals surface area contributed by atoms with Crippen molar-refractivity contribution in [3.63, 3.8) is 0 Å². The maximum atomic E-state index is 13.0. The quantitative estimate of drug-likeness (QED) is 0.717. The predicted molar refractivity (Wildman–Crippen MR) is 102 cm³/mol. The van der Waals surface area contributed by atoms with Gasteiger partial charge in [0.05, 0.1) is 22.0 Å². The molecule has 2 amide bonds. The monoisotopic (exact) mass is 467 g/mol. The number of rotatable bonds is 5. The van der Waals surface area contributed by atoms with Crippen LogP contribution in [0.4, 0.5) is 13.2 Å². The van der Waals surface area contributed by atoms with Crippen LogP contribution in [0, 0.1) is 11.8 Å². The molecule has 7 nitrogen and oxygen atoms in total. The minimum absolute atomic E-state index is 0.0549. The van der Waals surface area contributed by atoms with Crippen LogP contribution >= 0.6 is 11.6 Å².